The number of aryl methyl sites for hydroxylation is 1. The van der Waals surface area contributed by atoms with Crippen molar-refractivity contribution in [1.82, 2.24) is 30.0 Å². The minimum atomic E-state index is -0.0409. The quantitative estimate of drug-likeness (QED) is 0.771. The summed E-state index contributed by atoms with van der Waals surface area (Å²) in [5.74, 6) is 0.837. The number of urea groups is 1. The molecule has 0 atom stereocenters. The molecule has 1 aliphatic rings. The maximum Gasteiger partial charge on any atom is 0.317 e. The van der Waals surface area contributed by atoms with E-state index in [9.17, 15) is 4.79 Å². The molecule has 0 unspecified atom stereocenters. The Kier molecular flexibility index (Phi) is 3.68. The van der Waals surface area contributed by atoms with Crippen molar-refractivity contribution >= 4 is 16.9 Å². The van der Waals surface area contributed by atoms with E-state index in [4.69, 9.17) is 0 Å². The van der Waals surface area contributed by atoms with Gasteiger partial charge in [-0.2, -0.15) is 0 Å². The summed E-state index contributed by atoms with van der Waals surface area (Å²) < 4.78 is 1.98. The smallest absolute Gasteiger partial charge is 0.317 e. The number of aromatic nitrogens is 4. The fraction of sp³-hybridized carbons (Fsp3) is 0.353. The number of amides is 2. The van der Waals surface area contributed by atoms with Gasteiger partial charge >= 0.3 is 6.03 Å². The molecular formula is C17H20N6O. The molecule has 0 bridgehead atoms. The average molecular weight is 324 g/mol. The zero-order valence-corrected chi connectivity index (χ0v) is 13.6. The molecule has 7 heteroatoms. The van der Waals surface area contributed by atoms with Crippen molar-refractivity contribution in [1.29, 1.82) is 0 Å². The number of nitrogens with zero attached hydrogens (tertiary/aromatic N) is 4. The van der Waals surface area contributed by atoms with Crippen molar-refractivity contribution in [3.63, 3.8) is 0 Å². The van der Waals surface area contributed by atoms with Crippen molar-refractivity contribution in [3.8, 4) is 0 Å². The Bertz CT molecular complexity index is 880. The Hall–Kier alpha value is -2.83. The summed E-state index contributed by atoms with van der Waals surface area (Å²) in [4.78, 5) is 17.4. The van der Waals surface area contributed by atoms with Gasteiger partial charge in [0.25, 0.3) is 0 Å². The maximum absolute atomic E-state index is 12.3. The van der Waals surface area contributed by atoms with Crippen molar-refractivity contribution in [2.24, 2.45) is 0 Å². The lowest BCUT2D eigenvalue weighted by Gasteiger charge is -2.27. The Balaban J connectivity index is 1.36. The first-order valence-electron chi connectivity index (χ1n) is 8.17. The van der Waals surface area contributed by atoms with Gasteiger partial charge in [-0.3, -0.25) is 0 Å². The van der Waals surface area contributed by atoms with Gasteiger partial charge in [0.05, 0.1) is 6.54 Å². The zero-order chi connectivity index (χ0) is 16.5. The van der Waals surface area contributed by atoms with Crippen LogP contribution in [0.4, 0.5) is 4.79 Å². The molecule has 4 rings (SSSR count). The Morgan fingerprint density at radius 1 is 1.38 bits per heavy atom. The van der Waals surface area contributed by atoms with Crippen LogP contribution in [0.15, 0.2) is 30.7 Å². The normalized spacial score (nSPS) is 14.0. The first-order chi connectivity index (χ1) is 11.7. The van der Waals surface area contributed by atoms with Gasteiger partial charge in [0.1, 0.15) is 6.33 Å². The molecule has 0 saturated carbocycles. The number of benzene rings is 1. The molecule has 7 nitrogen and oxygen atoms in total. The summed E-state index contributed by atoms with van der Waals surface area (Å²) >= 11 is 0. The predicted octanol–water partition coefficient (Wildman–Crippen LogP) is 1.84. The van der Waals surface area contributed by atoms with Gasteiger partial charge in [-0.15, -0.1) is 10.2 Å². The minimum Gasteiger partial charge on any atom is -0.361 e. The van der Waals surface area contributed by atoms with Crippen LogP contribution in [0, 0.1) is 6.92 Å². The minimum absolute atomic E-state index is 0.0409. The molecule has 124 valence electrons. The van der Waals surface area contributed by atoms with Crippen molar-refractivity contribution in [2.75, 3.05) is 13.1 Å². The maximum atomic E-state index is 12.3. The molecule has 2 N–H and O–H groups in total. The highest BCUT2D eigenvalue weighted by Gasteiger charge is 2.21. The molecule has 2 amide bonds. The zero-order valence-electron chi connectivity index (χ0n) is 13.6. The number of nitrogens with one attached hydrogen (secondary N) is 2. The number of hydrogen-bond acceptors (Lipinski definition) is 3. The fourth-order valence-electron chi connectivity index (χ4n) is 3.30. The number of rotatable bonds is 3. The monoisotopic (exact) mass is 324 g/mol. The molecule has 0 radical (unpaired) electrons. The first-order valence-corrected chi connectivity index (χ1v) is 8.17. The first kappa shape index (κ1) is 14.7. The van der Waals surface area contributed by atoms with Crippen LogP contribution in [0.5, 0.6) is 0 Å². The van der Waals surface area contributed by atoms with E-state index in [1.807, 2.05) is 10.8 Å². The van der Waals surface area contributed by atoms with Crippen LogP contribution in [0.1, 0.15) is 17.0 Å². The van der Waals surface area contributed by atoms with Gasteiger partial charge in [0.2, 0.25) is 0 Å². The standard InChI is InChI=1S/C17H20N6O/c1-12-3-2-4-14-16(12)13(9-19-14)5-6-18-17(24)22-7-8-23-11-20-21-15(23)10-22/h2-4,9,11,19H,5-8,10H2,1H3,(H,18,24). The SMILES string of the molecule is Cc1cccc2[nH]cc(CCNC(=O)N3CCn4cnnc4C3)c12. The van der Waals surface area contributed by atoms with E-state index in [1.54, 1.807) is 11.2 Å². The summed E-state index contributed by atoms with van der Waals surface area (Å²) in [6.45, 7) is 4.67. The Morgan fingerprint density at radius 3 is 3.21 bits per heavy atom. The molecule has 3 heterocycles. The topological polar surface area (TPSA) is 78.8 Å². The molecule has 0 saturated heterocycles. The number of carbonyl (C=O) groups is 1. The number of hydrogen-bond donors (Lipinski definition) is 2. The van der Waals surface area contributed by atoms with Gasteiger partial charge < -0.3 is 19.8 Å². The number of H-pyrrole nitrogens is 1. The predicted molar refractivity (Wildman–Crippen MR) is 90.6 cm³/mol. The van der Waals surface area contributed by atoms with Gasteiger partial charge in [-0.05, 0) is 30.5 Å². The van der Waals surface area contributed by atoms with E-state index in [0.29, 0.717) is 19.6 Å². The van der Waals surface area contributed by atoms with E-state index in [2.05, 4.69) is 45.6 Å². The third-order valence-electron chi connectivity index (χ3n) is 4.59. The largest absolute Gasteiger partial charge is 0.361 e. The third-order valence-corrected chi connectivity index (χ3v) is 4.59. The van der Waals surface area contributed by atoms with Gasteiger partial charge in [-0.25, -0.2) is 4.79 Å². The molecule has 0 fully saturated rings. The second kappa shape index (κ2) is 5.99. The lowest BCUT2D eigenvalue weighted by Crippen LogP contribution is -2.44. The number of aromatic amines is 1. The molecular weight excluding hydrogens is 304 g/mol. The summed E-state index contributed by atoms with van der Waals surface area (Å²) in [5, 5.41) is 12.2. The van der Waals surface area contributed by atoms with Crippen LogP contribution >= 0.6 is 0 Å². The van der Waals surface area contributed by atoms with E-state index in [-0.39, 0.29) is 6.03 Å². The highest BCUT2D eigenvalue weighted by molar-refractivity contribution is 5.86. The van der Waals surface area contributed by atoms with E-state index >= 15 is 0 Å². The van der Waals surface area contributed by atoms with Crippen LogP contribution in [-0.4, -0.2) is 43.8 Å². The summed E-state index contributed by atoms with van der Waals surface area (Å²) in [6, 6.07) is 6.20. The van der Waals surface area contributed by atoms with E-state index in [1.165, 1.54) is 16.5 Å². The van der Waals surface area contributed by atoms with E-state index in [0.717, 1.165) is 24.3 Å². The summed E-state index contributed by atoms with van der Waals surface area (Å²) in [6.07, 6.45) is 4.55. The highest BCUT2D eigenvalue weighted by Crippen LogP contribution is 2.22. The average Bonchev–Trinajstić information content (AvgIpc) is 3.21. The lowest BCUT2D eigenvalue weighted by molar-refractivity contribution is 0.182. The second-order valence-corrected chi connectivity index (χ2v) is 6.16. The van der Waals surface area contributed by atoms with Crippen molar-refractivity contribution in [2.45, 2.75) is 26.4 Å². The lowest BCUT2D eigenvalue weighted by atomic mass is 10.1. The molecule has 1 aromatic carbocycles. The van der Waals surface area contributed by atoms with Gasteiger partial charge in [0, 0.05) is 36.7 Å². The second-order valence-electron chi connectivity index (χ2n) is 6.16. The van der Waals surface area contributed by atoms with Crippen molar-refractivity contribution < 1.29 is 4.79 Å². The fourth-order valence-corrected chi connectivity index (χ4v) is 3.30. The Morgan fingerprint density at radius 2 is 2.29 bits per heavy atom. The summed E-state index contributed by atoms with van der Waals surface area (Å²) in [5.41, 5.74) is 3.64. The molecule has 0 spiro atoms. The highest BCUT2D eigenvalue weighted by atomic mass is 16.2. The van der Waals surface area contributed by atoms with Gasteiger partial charge in [-0.1, -0.05) is 12.1 Å². The number of carbonyl (C=O) groups excluding carboxylic acids is 1. The molecule has 2 aromatic heterocycles. The van der Waals surface area contributed by atoms with E-state index < -0.39 is 0 Å². The van der Waals surface area contributed by atoms with Crippen LogP contribution < -0.4 is 5.32 Å². The van der Waals surface area contributed by atoms with Crippen LogP contribution in [0.3, 0.4) is 0 Å². The molecule has 0 aliphatic carbocycles. The van der Waals surface area contributed by atoms with Crippen LogP contribution in [-0.2, 0) is 19.5 Å². The van der Waals surface area contributed by atoms with Crippen LogP contribution in [0.2, 0.25) is 0 Å². The molecule has 24 heavy (non-hydrogen) atoms. The molecule has 3 aromatic rings. The van der Waals surface area contributed by atoms with Gasteiger partial charge in [0.15, 0.2) is 5.82 Å². The summed E-state index contributed by atoms with van der Waals surface area (Å²) in [7, 11) is 0. The van der Waals surface area contributed by atoms with Crippen molar-refractivity contribution in [3.05, 3.63) is 47.7 Å². The number of fused-ring (bicyclic) bond motifs is 2. The molecule has 1 aliphatic heterocycles. The third kappa shape index (κ3) is 2.62. The Labute approximate surface area is 139 Å². The van der Waals surface area contributed by atoms with Crippen LogP contribution in [0.25, 0.3) is 10.9 Å².